The Kier molecular flexibility index (Phi) is 9.19. The van der Waals surface area contributed by atoms with Crippen LogP contribution in [0.25, 0.3) is 12.2 Å². The van der Waals surface area contributed by atoms with Crippen molar-refractivity contribution >= 4 is 42.6 Å². The number of hydrogen-bond acceptors (Lipinski definition) is 8. The van der Waals surface area contributed by atoms with Crippen molar-refractivity contribution in [2.75, 3.05) is 6.61 Å². The molecule has 4 aliphatic rings. The van der Waals surface area contributed by atoms with E-state index in [0.717, 1.165) is 39.5 Å². The minimum absolute atomic E-state index is 0.0254. The number of carboxylic acids is 2. The Labute approximate surface area is 268 Å². The van der Waals surface area contributed by atoms with Crippen LogP contribution in [-0.2, 0) is 25.5 Å². The molecule has 11 nitrogen and oxygen atoms in total. The number of aromatic nitrogens is 1. The number of nitrogens with one attached hydrogen (secondary N) is 4. The van der Waals surface area contributed by atoms with E-state index < -0.39 is 17.5 Å². The Balaban J connectivity index is 1.52. The molecule has 0 radical (unpaired) electrons. The standard InChI is InChI=1S/C33H44N4O7S/c1-6-19-15(2)23(36-32(19)43)13-27-33(14-44-33)21(8-10-29(40)41)25(35-27)12-24-20(7-9-28(38)39)16(3)22(34-24)11-26-30(18(5)45)17(4)31(42)37-26/h6,11-12,15,17-18,21,23,27,30,34-36,43,45H,1,7-10,13-14H2,2-5H3,(H,37,42)(H,38,39)(H,40,41)/b25-12-,26-11-/t15?,17-,18?,21?,23-,27?,30+,33-/m1/s1. The summed E-state index contributed by atoms with van der Waals surface area (Å²) in [5.41, 5.74) is 4.99. The molecular weight excluding hydrogens is 596 g/mol. The van der Waals surface area contributed by atoms with Gasteiger partial charge in [0.15, 0.2) is 5.88 Å². The van der Waals surface area contributed by atoms with Crippen LogP contribution in [-0.4, -0.2) is 67.7 Å². The summed E-state index contributed by atoms with van der Waals surface area (Å²) < 4.78 is 6.12. The van der Waals surface area contributed by atoms with Gasteiger partial charge in [-0.25, -0.2) is 0 Å². The van der Waals surface area contributed by atoms with Crippen LogP contribution in [0, 0.1) is 30.6 Å². The zero-order chi connectivity index (χ0) is 32.8. The van der Waals surface area contributed by atoms with Gasteiger partial charge in [0.1, 0.15) is 5.60 Å². The number of aliphatic hydroxyl groups is 1. The van der Waals surface area contributed by atoms with E-state index >= 15 is 0 Å². The second-order valence-electron chi connectivity index (χ2n) is 12.9. The van der Waals surface area contributed by atoms with Gasteiger partial charge in [0.2, 0.25) is 5.91 Å². The fraction of sp³-hybridized carbons (Fsp3) is 0.545. The third-order valence-electron chi connectivity index (χ3n) is 10.2. The van der Waals surface area contributed by atoms with Gasteiger partial charge < -0.3 is 41.0 Å². The van der Waals surface area contributed by atoms with Crippen molar-refractivity contribution in [2.24, 2.45) is 23.7 Å². The number of aliphatic hydroxyl groups excluding tert-OH is 1. The third kappa shape index (κ3) is 6.27. The summed E-state index contributed by atoms with van der Waals surface area (Å²) in [7, 11) is 0. The topological polar surface area (TPSA) is 176 Å². The van der Waals surface area contributed by atoms with E-state index in [1.54, 1.807) is 6.08 Å². The van der Waals surface area contributed by atoms with E-state index in [-0.39, 0.29) is 65.6 Å². The number of H-pyrrole nitrogens is 1. The van der Waals surface area contributed by atoms with Crippen molar-refractivity contribution in [1.82, 2.24) is 20.9 Å². The molecule has 244 valence electrons. The van der Waals surface area contributed by atoms with Crippen molar-refractivity contribution in [3.63, 3.8) is 0 Å². The summed E-state index contributed by atoms with van der Waals surface area (Å²) in [5.74, 6) is -2.26. The first-order chi connectivity index (χ1) is 21.3. The number of aromatic amines is 1. The maximum atomic E-state index is 12.5. The van der Waals surface area contributed by atoms with Gasteiger partial charge in [-0.1, -0.05) is 33.4 Å². The average molecular weight is 641 g/mol. The van der Waals surface area contributed by atoms with Crippen LogP contribution in [0.4, 0.5) is 0 Å². The number of rotatable bonds is 12. The Morgan fingerprint density at radius 1 is 1.11 bits per heavy atom. The molecule has 3 saturated heterocycles. The monoisotopic (exact) mass is 640 g/mol. The number of carbonyl (C=O) groups is 3. The molecule has 8 atom stereocenters. The van der Waals surface area contributed by atoms with Crippen molar-refractivity contribution in [3.8, 4) is 0 Å². The van der Waals surface area contributed by atoms with Gasteiger partial charge in [-0.15, -0.1) is 0 Å². The molecule has 0 aromatic carbocycles. The van der Waals surface area contributed by atoms with Gasteiger partial charge >= 0.3 is 11.9 Å². The number of amides is 1. The number of epoxide rings is 1. The fourth-order valence-corrected chi connectivity index (χ4v) is 7.91. The molecule has 5 heterocycles. The third-order valence-corrected chi connectivity index (χ3v) is 10.5. The zero-order valence-corrected chi connectivity index (χ0v) is 27.0. The van der Waals surface area contributed by atoms with Gasteiger partial charge in [-0.2, -0.15) is 12.6 Å². The zero-order valence-electron chi connectivity index (χ0n) is 26.1. The summed E-state index contributed by atoms with van der Waals surface area (Å²) in [6, 6.07) is -0.216. The number of allylic oxidation sites excluding steroid dienone is 2. The Bertz CT molecular complexity index is 1490. The maximum absolute atomic E-state index is 12.5. The largest absolute Gasteiger partial charge is 0.495 e. The number of aliphatic carboxylic acids is 2. The summed E-state index contributed by atoms with van der Waals surface area (Å²) >= 11 is 4.63. The molecule has 12 heteroatoms. The van der Waals surface area contributed by atoms with Crippen LogP contribution in [0.1, 0.15) is 69.0 Å². The van der Waals surface area contributed by atoms with Gasteiger partial charge in [0.25, 0.3) is 0 Å². The van der Waals surface area contributed by atoms with E-state index in [1.807, 2.05) is 39.8 Å². The quantitative estimate of drug-likeness (QED) is 0.124. The Hall–Kier alpha value is -3.64. The van der Waals surface area contributed by atoms with Crippen molar-refractivity contribution in [3.05, 3.63) is 58.0 Å². The molecule has 1 aromatic heterocycles. The van der Waals surface area contributed by atoms with Crippen LogP contribution >= 0.6 is 12.6 Å². The van der Waals surface area contributed by atoms with E-state index in [1.165, 1.54) is 0 Å². The smallest absolute Gasteiger partial charge is 0.303 e. The van der Waals surface area contributed by atoms with E-state index in [9.17, 15) is 29.7 Å². The number of hydrogen-bond donors (Lipinski definition) is 8. The predicted octanol–water partition coefficient (Wildman–Crippen LogP) is 3.90. The van der Waals surface area contributed by atoms with E-state index in [0.29, 0.717) is 25.9 Å². The normalized spacial score (nSPS) is 33.0. The van der Waals surface area contributed by atoms with Crippen LogP contribution in [0.5, 0.6) is 0 Å². The molecule has 45 heavy (non-hydrogen) atoms. The highest BCUT2D eigenvalue weighted by atomic mass is 32.1. The van der Waals surface area contributed by atoms with E-state index in [2.05, 4.69) is 40.1 Å². The summed E-state index contributed by atoms with van der Waals surface area (Å²) in [6.07, 6.45) is 6.73. The van der Waals surface area contributed by atoms with Crippen molar-refractivity contribution < 1.29 is 34.4 Å². The molecule has 0 saturated carbocycles. The lowest BCUT2D eigenvalue weighted by atomic mass is 9.82. The predicted molar refractivity (Wildman–Crippen MR) is 173 cm³/mol. The molecule has 0 aliphatic carbocycles. The van der Waals surface area contributed by atoms with E-state index in [4.69, 9.17) is 4.74 Å². The highest BCUT2D eigenvalue weighted by Crippen LogP contribution is 2.51. The SMILES string of the molecule is C=CC1=C(O)N[C@H](CC2N/C(=C\c3[nH]c(/C=C4\NC(=O)[C@H](C)[C@H]4C(C)S)c(C)c3CCC(=O)O)C(CCC(=O)O)[C@]23CO3)C1C. The van der Waals surface area contributed by atoms with Crippen LogP contribution in [0.3, 0.4) is 0 Å². The summed E-state index contributed by atoms with van der Waals surface area (Å²) in [5, 5.41) is 39.2. The number of carboxylic acid groups (broad SMARTS) is 2. The number of ether oxygens (including phenoxy) is 1. The minimum atomic E-state index is -0.910. The molecule has 4 aliphatic heterocycles. The highest BCUT2D eigenvalue weighted by molar-refractivity contribution is 7.80. The van der Waals surface area contributed by atoms with Gasteiger partial charge in [-0.3, -0.25) is 14.4 Å². The second-order valence-corrected chi connectivity index (χ2v) is 13.7. The van der Waals surface area contributed by atoms with Gasteiger partial charge in [0.05, 0.1) is 12.6 Å². The maximum Gasteiger partial charge on any atom is 0.303 e. The lowest BCUT2D eigenvalue weighted by Crippen LogP contribution is -2.42. The Morgan fingerprint density at radius 2 is 1.78 bits per heavy atom. The number of carbonyl (C=O) groups excluding carboxylic acids is 1. The fourth-order valence-electron chi connectivity index (χ4n) is 7.49. The van der Waals surface area contributed by atoms with Gasteiger partial charge in [0, 0.05) is 76.2 Å². The lowest BCUT2D eigenvalue weighted by Gasteiger charge is -2.25. The van der Waals surface area contributed by atoms with Crippen LogP contribution in [0.2, 0.25) is 0 Å². The molecule has 5 rings (SSSR count). The van der Waals surface area contributed by atoms with Crippen LogP contribution < -0.4 is 16.0 Å². The first kappa shape index (κ1) is 32.7. The molecule has 4 unspecified atom stereocenters. The Morgan fingerprint density at radius 3 is 2.36 bits per heavy atom. The molecule has 7 N–H and O–H groups in total. The van der Waals surface area contributed by atoms with Crippen LogP contribution in [0.15, 0.2) is 35.5 Å². The summed E-state index contributed by atoms with van der Waals surface area (Å²) in [4.78, 5) is 39.3. The number of thiol groups is 1. The first-order valence-corrected chi connectivity index (χ1v) is 16.1. The first-order valence-electron chi connectivity index (χ1n) is 15.6. The van der Waals surface area contributed by atoms with Gasteiger partial charge in [-0.05, 0) is 49.5 Å². The molecular formula is C33H44N4O7S. The average Bonchev–Trinajstić information content (AvgIpc) is 3.44. The molecule has 1 aromatic rings. The molecule has 3 fully saturated rings. The van der Waals surface area contributed by atoms with Crippen molar-refractivity contribution in [1.29, 1.82) is 0 Å². The lowest BCUT2D eigenvalue weighted by molar-refractivity contribution is -0.138. The molecule has 1 amide bonds. The van der Waals surface area contributed by atoms with Crippen molar-refractivity contribution in [2.45, 2.75) is 82.7 Å². The highest BCUT2D eigenvalue weighted by Gasteiger charge is 2.63. The molecule has 0 bridgehead atoms. The molecule has 1 spiro atoms. The second kappa shape index (κ2) is 12.6. The summed E-state index contributed by atoms with van der Waals surface area (Å²) in [6.45, 7) is 12.1. The minimum Gasteiger partial charge on any atom is -0.495 e.